The Bertz CT molecular complexity index is 492. The highest BCUT2D eigenvalue weighted by atomic mass is 16.5. The number of methoxy groups -OCH3 is 1. The number of ether oxygens (including phenoxy) is 1. The molecule has 0 heterocycles. The molecule has 0 radical (unpaired) electrons. The molecule has 4 N–H and O–H groups in total. The average molecular weight is 265 g/mol. The van der Waals surface area contributed by atoms with Gasteiger partial charge in [-0.05, 0) is 23.1 Å². The lowest BCUT2D eigenvalue weighted by atomic mass is 9.87. The van der Waals surface area contributed by atoms with E-state index >= 15 is 0 Å². The molecular formula is C13H19N3O3. The van der Waals surface area contributed by atoms with E-state index in [0.717, 1.165) is 5.56 Å². The summed E-state index contributed by atoms with van der Waals surface area (Å²) in [4.78, 5) is 22.6. The summed E-state index contributed by atoms with van der Waals surface area (Å²) in [5.41, 5.74) is 3.14. The van der Waals surface area contributed by atoms with Crippen molar-refractivity contribution in [3.05, 3.63) is 23.8 Å². The van der Waals surface area contributed by atoms with Crippen molar-refractivity contribution in [2.24, 2.45) is 5.84 Å². The van der Waals surface area contributed by atoms with Crippen LogP contribution < -0.4 is 21.3 Å². The monoisotopic (exact) mass is 265 g/mol. The van der Waals surface area contributed by atoms with Gasteiger partial charge >= 0.3 is 11.8 Å². The van der Waals surface area contributed by atoms with E-state index in [-0.39, 0.29) is 5.41 Å². The first-order chi connectivity index (χ1) is 8.79. The number of nitrogens with two attached hydrogens (primary N) is 1. The maximum atomic E-state index is 11.5. The molecule has 1 aromatic rings. The molecule has 0 aliphatic heterocycles. The first-order valence-electron chi connectivity index (χ1n) is 5.80. The lowest BCUT2D eigenvalue weighted by molar-refractivity contribution is -0.136. The predicted octanol–water partition coefficient (Wildman–Crippen LogP) is 0.921. The number of benzene rings is 1. The number of anilines is 1. The van der Waals surface area contributed by atoms with Gasteiger partial charge in [-0.2, -0.15) is 0 Å². The fraction of sp³-hybridized carbons (Fsp3) is 0.385. The Morgan fingerprint density at radius 2 is 1.84 bits per heavy atom. The zero-order valence-corrected chi connectivity index (χ0v) is 11.5. The molecule has 0 saturated heterocycles. The van der Waals surface area contributed by atoms with E-state index in [1.807, 2.05) is 26.8 Å². The van der Waals surface area contributed by atoms with Crippen LogP contribution in [0.4, 0.5) is 5.69 Å². The SMILES string of the molecule is COc1ccc(C(C)(C)C)cc1NC(=O)C(=O)NN. The van der Waals surface area contributed by atoms with E-state index in [4.69, 9.17) is 10.6 Å². The van der Waals surface area contributed by atoms with Crippen molar-refractivity contribution in [1.82, 2.24) is 5.43 Å². The fourth-order valence-electron chi connectivity index (χ4n) is 1.52. The van der Waals surface area contributed by atoms with Crippen molar-refractivity contribution >= 4 is 17.5 Å². The lowest BCUT2D eigenvalue weighted by Gasteiger charge is -2.21. The molecule has 1 aromatic carbocycles. The van der Waals surface area contributed by atoms with Crippen molar-refractivity contribution in [3.8, 4) is 5.75 Å². The van der Waals surface area contributed by atoms with E-state index in [2.05, 4.69) is 5.32 Å². The summed E-state index contributed by atoms with van der Waals surface area (Å²) in [6.45, 7) is 6.15. The summed E-state index contributed by atoms with van der Waals surface area (Å²) in [5, 5.41) is 2.47. The van der Waals surface area contributed by atoms with Crippen LogP contribution in [0.25, 0.3) is 0 Å². The van der Waals surface area contributed by atoms with E-state index in [9.17, 15) is 9.59 Å². The highest BCUT2D eigenvalue weighted by molar-refractivity contribution is 6.39. The van der Waals surface area contributed by atoms with Gasteiger partial charge in [0.25, 0.3) is 0 Å². The third-order valence-electron chi connectivity index (χ3n) is 2.65. The smallest absolute Gasteiger partial charge is 0.323 e. The van der Waals surface area contributed by atoms with Gasteiger partial charge in [0.15, 0.2) is 0 Å². The summed E-state index contributed by atoms with van der Waals surface area (Å²) in [5.74, 6) is 3.63. The van der Waals surface area contributed by atoms with Gasteiger partial charge in [0.1, 0.15) is 5.75 Å². The number of amides is 2. The van der Waals surface area contributed by atoms with E-state index in [1.54, 1.807) is 17.6 Å². The molecule has 0 fully saturated rings. The Morgan fingerprint density at radius 3 is 2.32 bits per heavy atom. The van der Waals surface area contributed by atoms with Gasteiger partial charge < -0.3 is 10.1 Å². The standard InChI is InChI=1S/C13H19N3O3/c1-13(2,3)8-5-6-10(19-4)9(7-8)15-11(17)12(18)16-14/h5-7H,14H2,1-4H3,(H,15,17)(H,16,18). The Kier molecular flexibility index (Phi) is 4.50. The van der Waals surface area contributed by atoms with E-state index < -0.39 is 11.8 Å². The topological polar surface area (TPSA) is 93.4 Å². The molecule has 2 amide bonds. The molecule has 0 aliphatic rings. The fourth-order valence-corrected chi connectivity index (χ4v) is 1.52. The molecule has 0 aromatic heterocycles. The van der Waals surface area contributed by atoms with Crippen LogP contribution in [0.2, 0.25) is 0 Å². The van der Waals surface area contributed by atoms with Gasteiger partial charge in [-0.15, -0.1) is 0 Å². The molecule has 0 aliphatic carbocycles. The zero-order valence-electron chi connectivity index (χ0n) is 11.5. The normalized spacial score (nSPS) is 10.8. The molecule has 0 bridgehead atoms. The molecule has 0 saturated carbocycles. The Hall–Kier alpha value is -2.08. The van der Waals surface area contributed by atoms with Crippen LogP contribution in [-0.2, 0) is 15.0 Å². The van der Waals surface area contributed by atoms with Gasteiger partial charge in [0.05, 0.1) is 12.8 Å². The summed E-state index contributed by atoms with van der Waals surface area (Å²) in [6, 6.07) is 5.44. The molecule has 19 heavy (non-hydrogen) atoms. The van der Waals surface area contributed by atoms with Crippen molar-refractivity contribution in [3.63, 3.8) is 0 Å². The Labute approximate surface area is 112 Å². The maximum absolute atomic E-state index is 11.5. The van der Waals surface area contributed by atoms with Crippen molar-refractivity contribution in [2.75, 3.05) is 12.4 Å². The minimum Gasteiger partial charge on any atom is -0.495 e. The molecule has 6 heteroatoms. The number of hydrogen-bond acceptors (Lipinski definition) is 4. The molecular weight excluding hydrogens is 246 g/mol. The second kappa shape index (κ2) is 5.71. The molecule has 0 unspecified atom stereocenters. The van der Waals surface area contributed by atoms with Gasteiger partial charge in [0.2, 0.25) is 0 Å². The number of nitrogens with one attached hydrogen (secondary N) is 2. The molecule has 6 nitrogen and oxygen atoms in total. The quantitative estimate of drug-likeness (QED) is 0.321. The third-order valence-corrected chi connectivity index (χ3v) is 2.65. The van der Waals surface area contributed by atoms with Gasteiger partial charge in [-0.3, -0.25) is 15.0 Å². The van der Waals surface area contributed by atoms with Crippen LogP contribution in [0.15, 0.2) is 18.2 Å². The van der Waals surface area contributed by atoms with Crippen molar-refractivity contribution < 1.29 is 14.3 Å². The number of carbonyl (C=O) groups is 2. The summed E-state index contributed by atoms with van der Waals surface area (Å²) in [7, 11) is 1.49. The summed E-state index contributed by atoms with van der Waals surface area (Å²) in [6.07, 6.45) is 0. The third kappa shape index (κ3) is 3.69. The second-order valence-electron chi connectivity index (χ2n) is 5.09. The molecule has 0 atom stereocenters. The maximum Gasteiger partial charge on any atom is 0.323 e. The summed E-state index contributed by atoms with van der Waals surface area (Å²) < 4.78 is 5.15. The van der Waals surface area contributed by atoms with Crippen molar-refractivity contribution in [2.45, 2.75) is 26.2 Å². The van der Waals surface area contributed by atoms with Crippen molar-refractivity contribution in [1.29, 1.82) is 0 Å². The molecule has 0 spiro atoms. The van der Waals surface area contributed by atoms with Crippen LogP contribution in [-0.4, -0.2) is 18.9 Å². The van der Waals surface area contributed by atoms with E-state index in [1.165, 1.54) is 7.11 Å². The molecule has 1 rings (SSSR count). The minimum atomic E-state index is -0.914. The Morgan fingerprint density at radius 1 is 1.21 bits per heavy atom. The predicted molar refractivity (Wildman–Crippen MR) is 72.7 cm³/mol. The first kappa shape index (κ1) is 15.0. The largest absolute Gasteiger partial charge is 0.495 e. The van der Waals surface area contributed by atoms with Crippen LogP contribution in [0, 0.1) is 0 Å². The van der Waals surface area contributed by atoms with Gasteiger partial charge in [-0.1, -0.05) is 26.8 Å². The highest BCUT2D eigenvalue weighted by Gasteiger charge is 2.18. The van der Waals surface area contributed by atoms with Crippen LogP contribution >= 0.6 is 0 Å². The number of carbonyl (C=O) groups excluding carboxylic acids is 2. The van der Waals surface area contributed by atoms with E-state index in [0.29, 0.717) is 11.4 Å². The van der Waals surface area contributed by atoms with Crippen LogP contribution in [0.3, 0.4) is 0 Å². The number of hydrogen-bond donors (Lipinski definition) is 3. The lowest BCUT2D eigenvalue weighted by Crippen LogP contribution is -2.39. The number of hydrazine groups is 1. The molecule has 104 valence electrons. The highest BCUT2D eigenvalue weighted by Crippen LogP contribution is 2.31. The zero-order chi connectivity index (χ0) is 14.6. The van der Waals surface area contributed by atoms with Crippen LogP contribution in [0.1, 0.15) is 26.3 Å². The summed E-state index contributed by atoms with van der Waals surface area (Å²) >= 11 is 0. The van der Waals surface area contributed by atoms with Gasteiger partial charge in [-0.25, -0.2) is 5.84 Å². The Balaban J connectivity index is 3.10. The van der Waals surface area contributed by atoms with Gasteiger partial charge in [0, 0.05) is 0 Å². The minimum absolute atomic E-state index is 0.0815. The number of rotatable bonds is 2. The first-order valence-corrected chi connectivity index (χ1v) is 5.80. The average Bonchev–Trinajstić information content (AvgIpc) is 2.36. The second-order valence-corrected chi connectivity index (χ2v) is 5.09. The van der Waals surface area contributed by atoms with Crippen LogP contribution in [0.5, 0.6) is 5.75 Å².